The Morgan fingerprint density at radius 1 is 1.28 bits per heavy atom. The van der Waals surface area contributed by atoms with Crippen molar-refractivity contribution in [1.29, 1.82) is 0 Å². The van der Waals surface area contributed by atoms with Gasteiger partial charge in [-0.2, -0.15) is 12.6 Å². The average Bonchev–Trinajstić information content (AvgIpc) is 2.58. The minimum Gasteiger partial charge on any atom is -0.334 e. The second-order valence-electron chi connectivity index (χ2n) is 6.08. The molecule has 1 aromatic carbocycles. The highest BCUT2D eigenvalue weighted by Gasteiger charge is 2.39. The molecule has 0 radical (unpaired) electrons. The van der Waals surface area contributed by atoms with Crippen molar-refractivity contribution in [2.45, 2.75) is 38.5 Å². The van der Waals surface area contributed by atoms with Gasteiger partial charge in [0.15, 0.2) is 0 Å². The second-order valence-corrected chi connectivity index (χ2v) is 6.81. The molecule has 1 saturated heterocycles. The third-order valence-electron chi connectivity index (χ3n) is 3.39. The molecule has 2 atom stereocenters. The van der Waals surface area contributed by atoms with Gasteiger partial charge in [-0.25, -0.2) is 0 Å². The summed E-state index contributed by atoms with van der Waals surface area (Å²) in [6, 6.07) is 10.4. The summed E-state index contributed by atoms with van der Waals surface area (Å²) >= 11 is 4.45. The zero-order valence-electron chi connectivity index (χ0n) is 11.3. The Labute approximate surface area is 115 Å². The summed E-state index contributed by atoms with van der Waals surface area (Å²) < 4.78 is 0. The maximum atomic E-state index is 12.1. The molecule has 1 heterocycles. The average molecular weight is 263 g/mol. The lowest BCUT2D eigenvalue weighted by molar-refractivity contribution is -0.132. The van der Waals surface area contributed by atoms with Gasteiger partial charge in [-0.1, -0.05) is 51.1 Å². The van der Waals surface area contributed by atoms with Crippen LogP contribution >= 0.6 is 12.6 Å². The molecule has 1 aliphatic heterocycles. The maximum Gasteiger partial charge on any atom is 0.224 e. The quantitative estimate of drug-likeness (QED) is 0.812. The molecule has 18 heavy (non-hydrogen) atoms. The van der Waals surface area contributed by atoms with Gasteiger partial charge in [-0.3, -0.25) is 4.79 Å². The van der Waals surface area contributed by atoms with Crippen molar-refractivity contribution in [3.63, 3.8) is 0 Å². The van der Waals surface area contributed by atoms with Gasteiger partial charge in [0.2, 0.25) is 5.91 Å². The monoisotopic (exact) mass is 263 g/mol. The van der Waals surface area contributed by atoms with E-state index in [0.29, 0.717) is 6.42 Å². The van der Waals surface area contributed by atoms with Gasteiger partial charge >= 0.3 is 0 Å². The first kappa shape index (κ1) is 13.5. The van der Waals surface area contributed by atoms with E-state index in [1.165, 1.54) is 5.56 Å². The number of likely N-dealkylation sites (tertiary alicyclic amines) is 1. The van der Waals surface area contributed by atoms with E-state index >= 15 is 0 Å². The fourth-order valence-corrected chi connectivity index (χ4v) is 3.08. The molecule has 2 unspecified atom stereocenters. The summed E-state index contributed by atoms with van der Waals surface area (Å²) in [4.78, 5) is 14.1. The molecule has 2 nitrogen and oxygen atoms in total. The number of hydrogen-bond acceptors (Lipinski definition) is 2. The van der Waals surface area contributed by atoms with Crippen LogP contribution in [0.4, 0.5) is 0 Å². The Bertz CT molecular complexity index is 424. The molecule has 1 aliphatic rings. The third-order valence-corrected chi connectivity index (χ3v) is 3.73. The first-order valence-electron chi connectivity index (χ1n) is 6.42. The molecule has 1 aromatic rings. The van der Waals surface area contributed by atoms with Crippen LogP contribution in [0.5, 0.6) is 0 Å². The standard InChI is InChI=1S/C15H21NOS/c1-15(2,3)14(11-7-5-4-6-8-11)16-10-12(18)9-13(16)17/h4-8,12,14,18H,9-10H2,1-3H3. The molecule has 0 aliphatic carbocycles. The van der Waals surface area contributed by atoms with Gasteiger partial charge in [0.05, 0.1) is 6.04 Å². The van der Waals surface area contributed by atoms with Gasteiger partial charge in [0.25, 0.3) is 0 Å². The number of carbonyl (C=O) groups is 1. The van der Waals surface area contributed by atoms with Gasteiger partial charge in [-0.15, -0.1) is 0 Å². The maximum absolute atomic E-state index is 12.1. The van der Waals surface area contributed by atoms with E-state index in [2.05, 4.69) is 45.5 Å². The number of hydrogen-bond donors (Lipinski definition) is 1. The Morgan fingerprint density at radius 3 is 2.33 bits per heavy atom. The van der Waals surface area contributed by atoms with E-state index in [-0.39, 0.29) is 22.6 Å². The van der Waals surface area contributed by atoms with Crippen molar-refractivity contribution >= 4 is 18.5 Å². The molecule has 0 N–H and O–H groups in total. The van der Waals surface area contributed by atoms with Gasteiger partial charge < -0.3 is 4.90 Å². The molecule has 0 spiro atoms. The summed E-state index contributed by atoms with van der Waals surface area (Å²) in [6.07, 6.45) is 0.558. The summed E-state index contributed by atoms with van der Waals surface area (Å²) in [5.41, 5.74) is 1.23. The van der Waals surface area contributed by atoms with Crippen LogP contribution in [0.2, 0.25) is 0 Å². The number of rotatable bonds is 2. The van der Waals surface area contributed by atoms with Gasteiger partial charge in [0, 0.05) is 18.2 Å². The second kappa shape index (κ2) is 4.96. The number of benzene rings is 1. The number of carbonyl (C=O) groups excluding carboxylic acids is 1. The molecule has 0 aromatic heterocycles. The molecule has 98 valence electrons. The molecule has 2 rings (SSSR count). The van der Waals surface area contributed by atoms with Crippen molar-refractivity contribution in [3.05, 3.63) is 35.9 Å². The van der Waals surface area contributed by atoms with Gasteiger partial charge in [-0.05, 0) is 11.0 Å². The van der Waals surface area contributed by atoms with E-state index in [0.717, 1.165) is 6.54 Å². The fourth-order valence-electron chi connectivity index (χ4n) is 2.74. The van der Waals surface area contributed by atoms with E-state index in [1.54, 1.807) is 0 Å². The van der Waals surface area contributed by atoms with Crippen LogP contribution in [0, 0.1) is 5.41 Å². The van der Waals surface area contributed by atoms with Gasteiger partial charge in [0.1, 0.15) is 0 Å². The lowest BCUT2D eigenvalue weighted by Crippen LogP contribution is -2.38. The molecule has 1 fully saturated rings. The molecular weight excluding hydrogens is 242 g/mol. The summed E-state index contributed by atoms with van der Waals surface area (Å²) in [7, 11) is 0. The molecular formula is C15H21NOS. The predicted octanol–water partition coefficient (Wildman–Crippen LogP) is 3.30. The number of thiol groups is 1. The smallest absolute Gasteiger partial charge is 0.224 e. The first-order valence-corrected chi connectivity index (χ1v) is 6.93. The summed E-state index contributed by atoms with van der Waals surface area (Å²) in [5, 5.41) is 0.172. The topological polar surface area (TPSA) is 20.3 Å². The lowest BCUT2D eigenvalue weighted by atomic mass is 9.81. The third kappa shape index (κ3) is 2.72. The van der Waals surface area contributed by atoms with Crippen LogP contribution in [0.3, 0.4) is 0 Å². The fraction of sp³-hybridized carbons (Fsp3) is 0.533. The van der Waals surface area contributed by atoms with Crippen molar-refractivity contribution in [3.8, 4) is 0 Å². The lowest BCUT2D eigenvalue weighted by Gasteiger charge is -2.38. The SMILES string of the molecule is CC(C)(C)C(c1ccccc1)N1CC(S)CC1=O. The summed E-state index contributed by atoms with van der Waals surface area (Å²) in [6.45, 7) is 7.30. The van der Waals surface area contributed by atoms with E-state index in [4.69, 9.17) is 0 Å². The zero-order chi connectivity index (χ0) is 13.3. The van der Waals surface area contributed by atoms with Crippen molar-refractivity contribution < 1.29 is 4.79 Å². The van der Waals surface area contributed by atoms with Crippen LogP contribution in [0.25, 0.3) is 0 Å². The highest BCUT2D eigenvalue weighted by Crippen LogP contribution is 2.40. The zero-order valence-corrected chi connectivity index (χ0v) is 12.2. The van der Waals surface area contributed by atoms with E-state index in [9.17, 15) is 4.79 Å². The number of amides is 1. The van der Waals surface area contributed by atoms with Crippen molar-refractivity contribution in [2.24, 2.45) is 5.41 Å². The highest BCUT2D eigenvalue weighted by molar-refractivity contribution is 7.81. The summed E-state index contributed by atoms with van der Waals surface area (Å²) in [5.74, 6) is 0.221. The largest absolute Gasteiger partial charge is 0.334 e. The Hall–Kier alpha value is -0.960. The molecule has 0 bridgehead atoms. The van der Waals surface area contributed by atoms with Crippen LogP contribution in [0.1, 0.15) is 38.8 Å². The predicted molar refractivity (Wildman–Crippen MR) is 77.7 cm³/mol. The minimum absolute atomic E-state index is 0.0227. The number of nitrogens with zero attached hydrogens (tertiary/aromatic N) is 1. The Morgan fingerprint density at radius 2 is 1.89 bits per heavy atom. The van der Waals surface area contributed by atoms with Crippen LogP contribution in [-0.2, 0) is 4.79 Å². The van der Waals surface area contributed by atoms with Crippen LogP contribution in [0.15, 0.2) is 30.3 Å². The first-order chi connectivity index (χ1) is 8.39. The van der Waals surface area contributed by atoms with Crippen molar-refractivity contribution in [2.75, 3.05) is 6.54 Å². The highest BCUT2D eigenvalue weighted by atomic mass is 32.1. The molecule has 3 heteroatoms. The van der Waals surface area contributed by atoms with E-state index in [1.807, 2.05) is 23.1 Å². The molecule has 1 amide bonds. The Balaban J connectivity index is 2.36. The van der Waals surface area contributed by atoms with Crippen LogP contribution in [-0.4, -0.2) is 22.6 Å². The molecule has 0 saturated carbocycles. The minimum atomic E-state index is 0.0227. The Kier molecular flexibility index (Phi) is 3.71. The van der Waals surface area contributed by atoms with Crippen molar-refractivity contribution in [1.82, 2.24) is 4.90 Å². The normalized spacial score (nSPS) is 22.3. The van der Waals surface area contributed by atoms with E-state index < -0.39 is 0 Å². The van der Waals surface area contributed by atoms with Crippen LogP contribution < -0.4 is 0 Å².